The van der Waals surface area contributed by atoms with E-state index < -0.39 is 24.3 Å². The molecule has 7 heteroatoms. The van der Waals surface area contributed by atoms with Gasteiger partial charge in [0.15, 0.2) is 0 Å². The Morgan fingerprint density at radius 3 is 1.44 bits per heavy atom. The van der Waals surface area contributed by atoms with Gasteiger partial charge in [0.1, 0.15) is 12.2 Å². The molecule has 1 aliphatic rings. The lowest BCUT2D eigenvalue weighted by Crippen LogP contribution is -2.52. The zero-order valence-electron chi connectivity index (χ0n) is 20.3. The SMILES string of the molecule is CCOCCN1C(=O)N(CCOCC)[C@H](Cc2ccccc2)[C@H](O)[C@@H](O)[C@H]1Cc1ccccc1. The minimum Gasteiger partial charge on any atom is -0.388 e. The van der Waals surface area contributed by atoms with Crippen LogP contribution >= 0.6 is 0 Å². The summed E-state index contributed by atoms with van der Waals surface area (Å²) in [6.07, 6.45) is -1.35. The number of benzene rings is 2. The molecule has 1 saturated heterocycles. The van der Waals surface area contributed by atoms with Crippen molar-refractivity contribution in [1.29, 1.82) is 0 Å². The first kappa shape index (κ1) is 26.2. The number of hydrogen-bond acceptors (Lipinski definition) is 5. The van der Waals surface area contributed by atoms with Crippen LogP contribution in [0.15, 0.2) is 60.7 Å². The fourth-order valence-corrected chi connectivity index (χ4v) is 4.58. The quantitative estimate of drug-likeness (QED) is 0.466. The van der Waals surface area contributed by atoms with E-state index in [0.29, 0.717) is 52.4 Å². The van der Waals surface area contributed by atoms with Crippen LogP contribution in [0.2, 0.25) is 0 Å². The summed E-state index contributed by atoms with van der Waals surface area (Å²) in [7, 11) is 0. The number of nitrogens with zero attached hydrogens (tertiary/aromatic N) is 2. The van der Waals surface area contributed by atoms with Crippen molar-refractivity contribution < 1.29 is 24.5 Å². The maximum absolute atomic E-state index is 13.9. The first-order valence-corrected chi connectivity index (χ1v) is 12.2. The van der Waals surface area contributed by atoms with E-state index in [9.17, 15) is 15.0 Å². The fourth-order valence-electron chi connectivity index (χ4n) is 4.58. The number of ether oxygens (including phenoxy) is 2. The first-order chi connectivity index (χ1) is 16.6. The molecule has 0 bridgehead atoms. The summed E-state index contributed by atoms with van der Waals surface area (Å²) in [5.74, 6) is 0. The molecule has 0 saturated carbocycles. The molecule has 2 aromatic carbocycles. The molecule has 0 aliphatic carbocycles. The molecular weight excluding hydrogens is 432 g/mol. The van der Waals surface area contributed by atoms with Crippen LogP contribution in [0, 0.1) is 0 Å². The smallest absolute Gasteiger partial charge is 0.320 e. The second kappa shape index (κ2) is 13.4. The van der Waals surface area contributed by atoms with Gasteiger partial charge in [-0.1, -0.05) is 60.7 Å². The molecule has 2 N–H and O–H groups in total. The topological polar surface area (TPSA) is 82.5 Å². The first-order valence-electron chi connectivity index (χ1n) is 12.2. The van der Waals surface area contributed by atoms with Crippen molar-refractivity contribution in [3.05, 3.63) is 71.8 Å². The third kappa shape index (κ3) is 6.79. The van der Waals surface area contributed by atoms with Gasteiger partial charge in [0.25, 0.3) is 0 Å². The summed E-state index contributed by atoms with van der Waals surface area (Å²) >= 11 is 0. The molecular formula is C27H38N2O5. The van der Waals surface area contributed by atoms with Crippen molar-refractivity contribution in [2.45, 2.75) is 51.0 Å². The van der Waals surface area contributed by atoms with Crippen molar-refractivity contribution in [2.24, 2.45) is 0 Å². The van der Waals surface area contributed by atoms with Crippen molar-refractivity contribution >= 4 is 6.03 Å². The fraction of sp³-hybridized carbons (Fsp3) is 0.519. The summed E-state index contributed by atoms with van der Waals surface area (Å²) in [5, 5.41) is 22.8. The molecule has 3 rings (SSSR count). The Morgan fingerprint density at radius 1 is 0.706 bits per heavy atom. The van der Waals surface area contributed by atoms with Crippen LogP contribution in [-0.2, 0) is 22.3 Å². The number of hydrogen-bond donors (Lipinski definition) is 2. The van der Waals surface area contributed by atoms with Gasteiger partial charge in [0.2, 0.25) is 0 Å². The minimum absolute atomic E-state index is 0.211. The van der Waals surface area contributed by atoms with E-state index in [1.807, 2.05) is 74.5 Å². The highest BCUT2D eigenvalue weighted by Crippen LogP contribution is 2.27. The molecule has 2 amide bonds. The Morgan fingerprint density at radius 2 is 1.09 bits per heavy atom. The Kier molecular flexibility index (Phi) is 10.3. The molecule has 186 valence electrons. The number of aliphatic hydroxyl groups is 2. The summed E-state index contributed by atoms with van der Waals surface area (Å²) < 4.78 is 11.1. The van der Waals surface area contributed by atoms with E-state index in [1.54, 1.807) is 9.80 Å². The van der Waals surface area contributed by atoms with Crippen LogP contribution < -0.4 is 0 Å². The Balaban J connectivity index is 1.96. The van der Waals surface area contributed by atoms with Gasteiger partial charge in [-0.05, 0) is 37.8 Å². The van der Waals surface area contributed by atoms with Gasteiger partial charge in [0, 0.05) is 26.3 Å². The lowest BCUT2D eigenvalue weighted by Gasteiger charge is -2.35. The van der Waals surface area contributed by atoms with E-state index in [2.05, 4.69) is 0 Å². The molecule has 2 aromatic rings. The zero-order chi connectivity index (χ0) is 24.3. The molecule has 0 unspecified atom stereocenters. The lowest BCUT2D eigenvalue weighted by atomic mass is 9.91. The molecule has 0 radical (unpaired) electrons. The van der Waals surface area contributed by atoms with Gasteiger partial charge >= 0.3 is 6.03 Å². The lowest BCUT2D eigenvalue weighted by molar-refractivity contribution is -0.0426. The Bertz CT molecular complexity index is 781. The maximum atomic E-state index is 13.9. The van der Waals surface area contributed by atoms with E-state index in [0.717, 1.165) is 11.1 Å². The van der Waals surface area contributed by atoms with Crippen molar-refractivity contribution in [3.63, 3.8) is 0 Å². The Hall–Kier alpha value is -2.45. The number of carbonyl (C=O) groups excluding carboxylic acids is 1. The predicted molar refractivity (Wildman–Crippen MR) is 132 cm³/mol. The second-order valence-electron chi connectivity index (χ2n) is 8.56. The zero-order valence-corrected chi connectivity index (χ0v) is 20.3. The van der Waals surface area contributed by atoms with Crippen molar-refractivity contribution in [3.8, 4) is 0 Å². The average molecular weight is 471 g/mol. The Labute approximate surface area is 202 Å². The molecule has 1 heterocycles. The largest absolute Gasteiger partial charge is 0.388 e. The average Bonchev–Trinajstić information content (AvgIpc) is 2.92. The highest BCUT2D eigenvalue weighted by molar-refractivity contribution is 5.76. The number of aliphatic hydroxyl groups excluding tert-OH is 2. The van der Waals surface area contributed by atoms with Gasteiger partial charge < -0.3 is 29.5 Å². The van der Waals surface area contributed by atoms with E-state index in [-0.39, 0.29) is 6.03 Å². The third-order valence-corrected chi connectivity index (χ3v) is 6.37. The van der Waals surface area contributed by atoms with Crippen LogP contribution in [-0.4, -0.2) is 89.9 Å². The van der Waals surface area contributed by atoms with Crippen LogP contribution in [0.4, 0.5) is 4.79 Å². The number of rotatable bonds is 12. The molecule has 34 heavy (non-hydrogen) atoms. The molecule has 0 aromatic heterocycles. The highest BCUT2D eigenvalue weighted by atomic mass is 16.5. The van der Waals surface area contributed by atoms with E-state index in [4.69, 9.17) is 9.47 Å². The summed E-state index contributed by atoms with van der Waals surface area (Å²) in [6, 6.07) is 18.2. The van der Waals surface area contributed by atoms with E-state index >= 15 is 0 Å². The third-order valence-electron chi connectivity index (χ3n) is 6.37. The second-order valence-corrected chi connectivity index (χ2v) is 8.56. The van der Waals surface area contributed by atoms with E-state index in [1.165, 1.54) is 0 Å². The molecule has 4 atom stereocenters. The maximum Gasteiger partial charge on any atom is 0.320 e. The summed E-state index contributed by atoms with van der Waals surface area (Å²) in [5.41, 5.74) is 1.99. The number of urea groups is 1. The van der Waals surface area contributed by atoms with Crippen LogP contribution in [0.3, 0.4) is 0 Å². The monoisotopic (exact) mass is 470 g/mol. The summed E-state index contributed by atoms with van der Waals surface area (Å²) in [6.45, 7) is 6.29. The van der Waals surface area contributed by atoms with Gasteiger partial charge in [-0.3, -0.25) is 0 Å². The van der Waals surface area contributed by atoms with Gasteiger partial charge in [0.05, 0.1) is 25.3 Å². The molecule has 1 fully saturated rings. The standard InChI is InChI=1S/C27H38N2O5/c1-3-33-17-15-28-23(19-21-11-7-5-8-12-21)25(30)26(31)24(20-22-13-9-6-10-14-22)29(27(28)32)16-18-34-4-2/h5-14,23-26,30-31H,3-4,15-20H2,1-2H3/t23-,24-,25+,26+/m1/s1. The predicted octanol–water partition coefficient (Wildman–Crippen LogP) is 2.74. The van der Waals surface area contributed by atoms with Crippen LogP contribution in [0.5, 0.6) is 0 Å². The van der Waals surface area contributed by atoms with Gasteiger partial charge in [-0.25, -0.2) is 4.79 Å². The normalized spacial score (nSPS) is 23.2. The van der Waals surface area contributed by atoms with Crippen molar-refractivity contribution in [1.82, 2.24) is 9.80 Å². The molecule has 0 spiro atoms. The molecule has 7 nitrogen and oxygen atoms in total. The number of amides is 2. The minimum atomic E-state index is -1.11. The molecule has 1 aliphatic heterocycles. The van der Waals surface area contributed by atoms with Gasteiger partial charge in [-0.15, -0.1) is 0 Å². The van der Waals surface area contributed by atoms with Crippen LogP contribution in [0.25, 0.3) is 0 Å². The van der Waals surface area contributed by atoms with Crippen molar-refractivity contribution in [2.75, 3.05) is 39.5 Å². The van der Waals surface area contributed by atoms with Gasteiger partial charge in [-0.2, -0.15) is 0 Å². The number of carbonyl (C=O) groups is 1. The summed E-state index contributed by atoms with van der Waals surface area (Å²) in [4.78, 5) is 17.3. The highest BCUT2D eigenvalue weighted by Gasteiger charge is 2.46. The van der Waals surface area contributed by atoms with Crippen LogP contribution in [0.1, 0.15) is 25.0 Å².